The quantitative estimate of drug-likeness (QED) is 0.359. The van der Waals surface area contributed by atoms with Gasteiger partial charge in [-0.1, -0.05) is 38.6 Å². The van der Waals surface area contributed by atoms with E-state index < -0.39 is 22.0 Å². The second-order valence-electron chi connectivity index (χ2n) is 8.37. The van der Waals surface area contributed by atoms with E-state index >= 15 is 0 Å². The molecule has 8 nitrogen and oxygen atoms in total. The van der Waals surface area contributed by atoms with Crippen molar-refractivity contribution < 1.29 is 17.9 Å². The van der Waals surface area contributed by atoms with Crippen LogP contribution < -0.4 is 0 Å². The maximum Gasteiger partial charge on any atom is 0.324 e. The minimum absolute atomic E-state index is 0.0348. The number of aryl methyl sites for hydroxylation is 1. The molecule has 176 valence electrons. The first-order chi connectivity index (χ1) is 15.6. The van der Waals surface area contributed by atoms with Crippen LogP contribution in [0, 0.1) is 12.8 Å². The van der Waals surface area contributed by atoms with Crippen LogP contribution in [0.3, 0.4) is 0 Å². The van der Waals surface area contributed by atoms with Gasteiger partial charge in [-0.15, -0.1) is 0 Å². The maximum atomic E-state index is 13.3. The van der Waals surface area contributed by atoms with Gasteiger partial charge in [0.1, 0.15) is 24.2 Å². The van der Waals surface area contributed by atoms with E-state index in [1.165, 1.54) is 13.1 Å². The monoisotopic (exact) mass is 470 g/mol. The van der Waals surface area contributed by atoms with Crippen LogP contribution in [0.5, 0.6) is 0 Å². The molecule has 2 aliphatic rings. The van der Waals surface area contributed by atoms with Crippen molar-refractivity contribution in [3.8, 4) is 11.4 Å². The number of esters is 1. The lowest BCUT2D eigenvalue weighted by molar-refractivity contribution is -0.147. The van der Waals surface area contributed by atoms with Crippen molar-refractivity contribution in [2.75, 3.05) is 13.7 Å². The number of carbonyl (C=O) groups is 1. The Bertz CT molecular complexity index is 1190. The van der Waals surface area contributed by atoms with E-state index in [0.717, 1.165) is 27.0 Å². The van der Waals surface area contributed by atoms with Crippen molar-refractivity contribution in [3.63, 3.8) is 0 Å². The third kappa shape index (κ3) is 5.66. The molecule has 1 aromatic carbocycles. The summed E-state index contributed by atoms with van der Waals surface area (Å²) < 4.78 is 32.8. The Morgan fingerprint density at radius 2 is 1.91 bits per heavy atom. The molecule has 0 saturated carbocycles. The molecule has 0 aliphatic carbocycles. The standard InChI is InChI=1S/C24H30N4O4S/c1-6-13-32-24(29)22(14-16(2)3)28(5)33(30,31)19-9-7-18(8-10-19)15-21-23-20(11-12-25-21)26-17(4)27-23/h6-12,16,22,25H,1,13-15H2,2-5H3/t22-/m0/s1. The number of pyridine rings is 1. The summed E-state index contributed by atoms with van der Waals surface area (Å²) in [7, 11) is -2.48. The normalized spacial score (nSPS) is 12.9. The number of hydrogen-bond acceptors (Lipinski definition) is 6. The summed E-state index contributed by atoms with van der Waals surface area (Å²) in [6.07, 6.45) is 4.18. The van der Waals surface area contributed by atoms with Gasteiger partial charge in [0.05, 0.1) is 10.6 Å². The van der Waals surface area contributed by atoms with Crippen LogP contribution in [0.4, 0.5) is 0 Å². The van der Waals surface area contributed by atoms with Gasteiger partial charge in [-0.25, -0.2) is 18.4 Å². The summed E-state index contributed by atoms with van der Waals surface area (Å²) in [4.78, 5) is 24.7. The summed E-state index contributed by atoms with van der Waals surface area (Å²) in [5, 5.41) is 0. The molecule has 0 spiro atoms. The zero-order valence-corrected chi connectivity index (χ0v) is 20.2. The topological polar surface area (TPSA) is 105 Å². The Balaban J connectivity index is 1.81. The fourth-order valence-corrected chi connectivity index (χ4v) is 4.95. The number of ether oxygens (including phenoxy) is 1. The van der Waals surface area contributed by atoms with E-state index in [1.807, 2.05) is 33.0 Å². The highest BCUT2D eigenvalue weighted by Crippen LogP contribution is 2.25. The molecular weight excluding hydrogens is 440 g/mol. The number of likely N-dealkylation sites (N-methyl/N-ethyl adjacent to an activating group) is 1. The molecule has 0 saturated heterocycles. The van der Waals surface area contributed by atoms with Crippen molar-refractivity contribution >= 4 is 16.0 Å². The van der Waals surface area contributed by atoms with Crippen LogP contribution in [0.1, 0.15) is 37.4 Å². The molecule has 0 radical (unpaired) electrons. The molecule has 2 heterocycles. The predicted octanol–water partition coefficient (Wildman–Crippen LogP) is 3.57. The number of imidazole rings is 1. The molecule has 0 unspecified atom stereocenters. The van der Waals surface area contributed by atoms with Crippen molar-refractivity contribution in [2.24, 2.45) is 5.92 Å². The fourth-order valence-electron chi connectivity index (χ4n) is 3.63. The third-order valence-corrected chi connectivity index (χ3v) is 7.19. The zero-order chi connectivity index (χ0) is 24.2. The van der Waals surface area contributed by atoms with Crippen molar-refractivity contribution in [2.45, 2.75) is 44.6 Å². The van der Waals surface area contributed by atoms with Gasteiger partial charge in [-0.2, -0.15) is 4.31 Å². The van der Waals surface area contributed by atoms with E-state index in [-0.39, 0.29) is 17.4 Å². The lowest BCUT2D eigenvalue weighted by atomic mass is 10.0. The van der Waals surface area contributed by atoms with Crippen LogP contribution in [-0.4, -0.2) is 53.3 Å². The van der Waals surface area contributed by atoms with Gasteiger partial charge in [-0.3, -0.25) is 4.79 Å². The lowest BCUT2D eigenvalue weighted by Gasteiger charge is -2.27. The summed E-state index contributed by atoms with van der Waals surface area (Å²) in [5.74, 6) is 0.229. The Morgan fingerprint density at radius 1 is 1.21 bits per heavy atom. The molecule has 1 aromatic rings. The van der Waals surface area contributed by atoms with Gasteiger partial charge >= 0.3 is 5.97 Å². The van der Waals surface area contributed by atoms with Crippen molar-refractivity contribution in [3.05, 3.63) is 66.3 Å². The Kier molecular flexibility index (Phi) is 7.65. The molecule has 0 amide bonds. The molecule has 3 rings (SSSR count). The number of benzene rings is 1. The SMILES string of the molecule is C=CCOC(=O)[C@H](CC(C)C)N(C)S(=O)(=O)c1ccc(Cc2[nH]ccc3nc(C)nc2-3)cc1. The van der Waals surface area contributed by atoms with Gasteiger partial charge in [0.25, 0.3) is 0 Å². The number of aromatic amines is 1. The van der Waals surface area contributed by atoms with Crippen LogP contribution in [0.15, 0.2) is 54.1 Å². The number of nitrogens with zero attached hydrogens (tertiary/aromatic N) is 3. The van der Waals surface area contributed by atoms with Gasteiger partial charge < -0.3 is 9.72 Å². The Labute approximate surface area is 195 Å². The Hall–Kier alpha value is -3.04. The van der Waals surface area contributed by atoms with E-state index in [9.17, 15) is 13.2 Å². The van der Waals surface area contributed by atoms with E-state index in [4.69, 9.17) is 4.74 Å². The molecule has 0 bridgehead atoms. The van der Waals surface area contributed by atoms with Crippen LogP contribution in [-0.2, 0) is 26.0 Å². The second kappa shape index (κ2) is 10.3. The van der Waals surface area contributed by atoms with Gasteiger partial charge in [0.15, 0.2) is 0 Å². The average molecular weight is 471 g/mol. The highest BCUT2D eigenvalue weighted by molar-refractivity contribution is 7.89. The molecule has 33 heavy (non-hydrogen) atoms. The van der Waals surface area contributed by atoms with Gasteiger partial charge in [0, 0.05) is 25.4 Å². The summed E-state index contributed by atoms with van der Waals surface area (Å²) >= 11 is 0. The summed E-state index contributed by atoms with van der Waals surface area (Å²) in [6.45, 7) is 9.27. The average Bonchev–Trinajstić information content (AvgIpc) is 3.17. The van der Waals surface area contributed by atoms with E-state index in [1.54, 1.807) is 24.3 Å². The highest BCUT2D eigenvalue weighted by atomic mass is 32.2. The number of rotatable bonds is 10. The minimum Gasteiger partial charge on any atom is -0.460 e. The predicted molar refractivity (Wildman–Crippen MR) is 126 cm³/mol. The maximum absolute atomic E-state index is 13.3. The first kappa shape index (κ1) is 24.6. The number of aromatic nitrogens is 3. The number of H-pyrrole nitrogens is 1. The molecule has 1 atom stereocenters. The molecule has 9 heteroatoms. The third-order valence-electron chi connectivity index (χ3n) is 5.31. The molecular formula is C24H30N4O4S. The second-order valence-corrected chi connectivity index (χ2v) is 10.4. The molecule has 2 aliphatic heterocycles. The zero-order valence-electron chi connectivity index (χ0n) is 19.4. The van der Waals surface area contributed by atoms with Crippen LogP contribution in [0.2, 0.25) is 0 Å². The number of sulfonamides is 1. The lowest BCUT2D eigenvalue weighted by Crippen LogP contribution is -2.44. The first-order valence-corrected chi connectivity index (χ1v) is 12.2. The van der Waals surface area contributed by atoms with Gasteiger partial charge in [0.2, 0.25) is 10.0 Å². The number of hydrogen-bond donors (Lipinski definition) is 1. The first-order valence-electron chi connectivity index (χ1n) is 10.8. The van der Waals surface area contributed by atoms with Gasteiger partial charge in [-0.05, 0) is 43.0 Å². The smallest absolute Gasteiger partial charge is 0.324 e. The van der Waals surface area contributed by atoms with Crippen LogP contribution >= 0.6 is 0 Å². The highest BCUT2D eigenvalue weighted by Gasteiger charge is 2.34. The van der Waals surface area contributed by atoms with E-state index in [0.29, 0.717) is 18.7 Å². The number of carbonyl (C=O) groups excluding carboxylic acids is 1. The number of nitrogens with one attached hydrogen (secondary N) is 1. The number of fused-ring (bicyclic) bond motifs is 1. The van der Waals surface area contributed by atoms with Crippen molar-refractivity contribution in [1.82, 2.24) is 19.3 Å². The van der Waals surface area contributed by atoms with E-state index in [2.05, 4.69) is 21.5 Å². The molecule has 0 fully saturated rings. The summed E-state index contributed by atoms with van der Waals surface area (Å²) in [5.41, 5.74) is 3.45. The van der Waals surface area contributed by atoms with Crippen molar-refractivity contribution in [1.29, 1.82) is 0 Å². The Morgan fingerprint density at radius 3 is 2.55 bits per heavy atom. The molecule has 1 N–H and O–H groups in total. The molecule has 0 aromatic heterocycles. The summed E-state index contributed by atoms with van der Waals surface area (Å²) in [6, 6.07) is 7.61. The minimum atomic E-state index is -3.90. The largest absolute Gasteiger partial charge is 0.460 e. The van der Waals surface area contributed by atoms with Crippen LogP contribution in [0.25, 0.3) is 11.4 Å². The fraction of sp³-hybridized carbons (Fsp3) is 0.375.